The molecule has 0 radical (unpaired) electrons. The van der Waals surface area contributed by atoms with Crippen molar-refractivity contribution in [2.45, 2.75) is 117 Å². The molecule has 208 valence electrons. The molecule has 1 aliphatic heterocycles. The fourth-order valence-corrected chi connectivity index (χ4v) is 11.7. The summed E-state index contributed by atoms with van der Waals surface area (Å²) in [6, 6.07) is 5.91. The molecule has 38 heavy (non-hydrogen) atoms. The Morgan fingerprint density at radius 3 is 2.61 bits per heavy atom. The molecule has 5 heteroatoms. The van der Waals surface area contributed by atoms with E-state index in [1.807, 2.05) is 23.1 Å². The zero-order chi connectivity index (χ0) is 26.5. The largest absolute Gasteiger partial charge is 0.393 e. The van der Waals surface area contributed by atoms with Crippen LogP contribution < -0.4 is 0 Å². The number of aliphatic hydroxyl groups is 1. The van der Waals surface area contributed by atoms with E-state index in [4.69, 9.17) is 4.74 Å². The number of carbonyl (C=O) groups excluding carboxylic acids is 1. The van der Waals surface area contributed by atoms with Crippen molar-refractivity contribution in [3.05, 3.63) is 30.1 Å². The predicted molar refractivity (Wildman–Crippen MR) is 147 cm³/mol. The highest BCUT2D eigenvalue weighted by atomic mass is 16.5. The molecule has 5 saturated carbocycles. The topological polar surface area (TPSA) is 62.7 Å². The molecular weight excluding hydrogens is 472 g/mol. The molecule has 1 aromatic rings. The van der Waals surface area contributed by atoms with Crippen LogP contribution in [-0.2, 0) is 16.1 Å². The summed E-state index contributed by atoms with van der Waals surface area (Å²) in [4.78, 5) is 18.9. The number of carbonyl (C=O) groups is 1. The van der Waals surface area contributed by atoms with E-state index < -0.39 is 0 Å². The molecule has 0 aromatic carbocycles. The lowest BCUT2D eigenvalue weighted by Crippen LogP contribution is -2.54. The highest BCUT2D eigenvalue weighted by Crippen LogP contribution is 2.87. The van der Waals surface area contributed by atoms with Gasteiger partial charge < -0.3 is 14.7 Å². The molecule has 6 aliphatic rings. The molecule has 10 atom stereocenters. The summed E-state index contributed by atoms with van der Waals surface area (Å²) in [5.74, 6) is 3.08. The first-order chi connectivity index (χ1) is 18.1. The molecule has 8 unspecified atom stereocenters. The van der Waals surface area contributed by atoms with Crippen molar-refractivity contribution in [2.24, 2.45) is 45.3 Å². The maximum atomic E-state index is 12.5. The minimum atomic E-state index is -0.131. The van der Waals surface area contributed by atoms with Crippen molar-refractivity contribution in [1.82, 2.24) is 9.88 Å². The number of rotatable bonds is 4. The molecule has 1 saturated heterocycles. The van der Waals surface area contributed by atoms with Crippen LogP contribution in [0.3, 0.4) is 0 Å². The van der Waals surface area contributed by atoms with E-state index in [9.17, 15) is 9.90 Å². The highest BCUT2D eigenvalue weighted by molar-refractivity contribution is 5.73. The van der Waals surface area contributed by atoms with Gasteiger partial charge in [-0.3, -0.25) is 9.78 Å². The van der Waals surface area contributed by atoms with Gasteiger partial charge in [-0.25, -0.2) is 0 Å². The molecule has 5 aliphatic carbocycles. The third-order valence-electron chi connectivity index (χ3n) is 13.6. The number of ether oxygens (including phenoxy) is 1. The van der Waals surface area contributed by atoms with E-state index in [1.54, 1.807) is 13.1 Å². The maximum absolute atomic E-state index is 12.5. The molecule has 5 nitrogen and oxygen atoms in total. The summed E-state index contributed by atoms with van der Waals surface area (Å²) in [5.41, 5.74) is 2.45. The standard InChI is InChI=1S/C33H48N2O3/c1-21(36)35(18-22-7-5-6-16-34-22)19-23-8-9-25-27(38-23)17-26-24-10-11-28-30(2,3)29(37)12-13-33(28)20-32(24,33)15-14-31(25,26)4/h5-7,16,23-29,37H,8-15,17-20H2,1-4H3/t23?,24?,25?,26?,27?,28?,29-,31?,32-,33?/m0/s1. The van der Waals surface area contributed by atoms with Crippen LogP contribution in [0, 0.1) is 45.3 Å². The summed E-state index contributed by atoms with van der Waals surface area (Å²) in [5, 5.41) is 10.9. The Morgan fingerprint density at radius 1 is 1.03 bits per heavy atom. The molecule has 6 fully saturated rings. The number of fused-ring (bicyclic) bond motifs is 4. The molecular formula is C33H48N2O3. The third kappa shape index (κ3) is 3.42. The number of pyridine rings is 1. The van der Waals surface area contributed by atoms with Crippen LogP contribution in [0.25, 0.3) is 0 Å². The summed E-state index contributed by atoms with van der Waals surface area (Å²) in [7, 11) is 0. The minimum absolute atomic E-state index is 0.0608. The van der Waals surface area contributed by atoms with Crippen LogP contribution in [0.15, 0.2) is 24.4 Å². The van der Waals surface area contributed by atoms with Crippen molar-refractivity contribution in [2.75, 3.05) is 6.54 Å². The Hall–Kier alpha value is -1.46. The first-order valence-corrected chi connectivity index (χ1v) is 15.6. The van der Waals surface area contributed by atoms with Gasteiger partial charge in [0, 0.05) is 19.7 Å². The predicted octanol–water partition coefficient (Wildman–Crippen LogP) is 6.00. The molecule has 1 amide bonds. The van der Waals surface area contributed by atoms with E-state index in [-0.39, 0.29) is 23.5 Å². The molecule has 2 heterocycles. The lowest BCUT2D eigenvalue weighted by atomic mass is 9.46. The maximum Gasteiger partial charge on any atom is 0.219 e. The lowest BCUT2D eigenvalue weighted by molar-refractivity contribution is -0.140. The van der Waals surface area contributed by atoms with Crippen LogP contribution in [-0.4, -0.2) is 45.8 Å². The van der Waals surface area contributed by atoms with Crippen LogP contribution >= 0.6 is 0 Å². The SMILES string of the molecule is CC(=O)N(Cc1ccccn1)CC1CCC2C(CC3C4CCC5C(C)(C)[C@@H](O)CCC56C[C@@]46CCC23C)O1. The number of hydrogen-bond acceptors (Lipinski definition) is 4. The fourth-order valence-electron chi connectivity index (χ4n) is 11.7. The second kappa shape index (κ2) is 8.52. The fraction of sp³-hybridized carbons (Fsp3) is 0.818. The molecule has 7 rings (SSSR count). The Bertz CT molecular complexity index is 1090. The average Bonchev–Trinajstić information content (AvgIpc) is 3.47. The summed E-state index contributed by atoms with van der Waals surface area (Å²) in [6.45, 7) is 10.2. The van der Waals surface area contributed by atoms with Crippen LogP contribution in [0.2, 0.25) is 0 Å². The summed E-state index contributed by atoms with van der Waals surface area (Å²) < 4.78 is 6.92. The van der Waals surface area contributed by atoms with Gasteiger partial charge >= 0.3 is 0 Å². The van der Waals surface area contributed by atoms with Gasteiger partial charge in [0.25, 0.3) is 0 Å². The smallest absolute Gasteiger partial charge is 0.219 e. The Labute approximate surface area is 229 Å². The van der Waals surface area contributed by atoms with Crippen molar-refractivity contribution in [3.63, 3.8) is 0 Å². The number of amides is 1. The quantitative estimate of drug-likeness (QED) is 0.529. The van der Waals surface area contributed by atoms with Crippen LogP contribution in [0.4, 0.5) is 0 Å². The molecule has 1 aromatic heterocycles. The van der Waals surface area contributed by atoms with Gasteiger partial charge in [0.15, 0.2) is 0 Å². The summed E-state index contributed by atoms with van der Waals surface area (Å²) in [6.07, 6.45) is 14.8. The molecule has 1 N–H and O–H groups in total. The van der Waals surface area contributed by atoms with Crippen LogP contribution in [0.5, 0.6) is 0 Å². The van der Waals surface area contributed by atoms with Gasteiger partial charge in [-0.05, 0) is 122 Å². The Morgan fingerprint density at radius 2 is 1.84 bits per heavy atom. The van der Waals surface area contributed by atoms with E-state index in [0.29, 0.717) is 47.3 Å². The third-order valence-corrected chi connectivity index (χ3v) is 13.6. The highest BCUT2D eigenvalue weighted by Gasteiger charge is 2.80. The van der Waals surface area contributed by atoms with Crippen molar-refractivity contribution >= 4 is 5.91 Å². The van der Waals surface area contributed by atoms with Crippen molar-refractivity contribution in [3.8, 4) is 0 Å². The minimum Gasteiger partial charge on any atom is -0.393 e. The Balaban J connectivity index is 1.07. The zero-order valence-electron chi connectivity index (χ0n) is 24.0. The van der Waals surface area contributed by atoms with Gasteiger partial charge in [-0.15, -0.1) is 0 Å². The lowest BCUT2D eigenvalue weighted by Gasteiger charge is -2.59. The first-order valence-electron chi connectivity index (χ1n) is 15.6. The van der Waals surface area contributed by atoms with Gasteiger partial charge in [0.05, 0.1) is 30.6 Å². The van der Waals surface area contributed by atoms with Gasteiger partial charge in [-0.2, -0.15) is 0 Å². The van der Waals surface area contributed by atoms with Gasteiger partial charge in [0.1, 0.15) is 0 Å². The second-order valence-corrected chi connectivity index (χ2v) is 15.2. The second-order valence-electron chi connectivity index (χ2n) is 15.2. The number of hydrogen-bond donors (Lipinski definition) is 1. The van der Waals surface area contributed by atoms with Crippen molar-refractivity contribution < 1.29 is 14.6 Å². The van der Waals surface area contributed by atoms with E-state index in [2.05, 4.69) is 25.8 Å². The number of aliphatic hydroxyl groups excluding tert-OH is 1. The molecule has 2 spiro atoms. The van der Waals surface area contributed by atoms with Crippen molar-refractivity contribution in [1.29, 1.82) is 0 Å². The zero-order valence-corrected chi connectivity index (χ0v) is 24.0. The monoisotopic (exact) mass is 520 g/mol. The first kappa shape index (κ1) is 25.5. The molecule has 0 bridgehead atoms. The average molecular weight is 521 g/mol. The van der Waals surface area contributed by atoms with E-state index in [1.165, 1.54) is 51.4 Å². The normalized spacial score (nSPS) is 48.1. The van der Waals surface area contributed by atoms with E-state index in [0.717, 1.165) is 30.4 Å². The van der Waals surface area contributed by atoms with Gasteiger partial charge in [0.2, 0.25) is 5.91 Å². The number of nitrogens with zero attached hydrogens (tertiary/aromatic N) is 2. The number of aromatic nitrogens is 1. The van der Waals surface area contributed by atoms with E-state index >= 15 is 0 Å². The Kier molecular flexibility index (Phi) is 5.72. The summed E-state index contributed by atoms with van der Waals surface area (Å²) >= 11 is 0. The van der Waals surface area contributed by atoms with Gasteiger partial charge in [-0.1, -0.05) is 26.8 Å². The van der Waals surface area contributed by atoms with Crippen LogP contribution in [0.1, 0.15) is 97.6 Å².